The maximum absolute atomic E-state index is 11.2. The number of rotatable bonds is 0. The van der Waals surface area contributed by atoms with Crippen LogP contribution < -0.4 is 10.8 Å². The Bertz CT molecular complexity index is 360. The molecule has 0 spiro atoms. The van der Waals surface area contributed by atoms with Gasteiger partial charge < -0.3 is 5.32 Å². The Morgan fingerprint density at radius 3 is 3.00 bits per heavy atom. The quantitative estimate of drug-likeness (QED) is 0.529. The number of aryl methyl sites for hydroxylation is 1. The third-order valence-electron chi connectivity index (χ3n) is 2.18. The van der Waals surface area contributed by atoms with Gasteiger partial charge in [0.15, 0.2) is 0 Å². The van der Waals surface area contributed by atoms with Crippen molar-refractivity contribution in [3.05, 3.63) is 28.8 Å². The molecule has 1 aliphatic heterocycles. The average Bonchev–Trinajstić information content (AvgIpc) is 2.35. The van der Waals surface area contributed by atoms with Crippen molar-refractivity contribution in [2.75, 3.05) is 0 Å². The van der Waals surface area contributed by atoms with Gasteiger partial charge in [0.1, 0.15) is 7.85 Å². The molecule has 1 aromatic rings. The first kappa shape index (κ1) is 7.41. The Labute approximate surface area is 72.4 Å². The van der Waals surface area contributed by atoms with E-state index in [-0.39, 0.29) is 5.91 Å². The molecule has 3 heteroatoms. The van der Waals surface area contributed by atoms with Crippen LogP contribution in [0.25, 0.3) is 0 Å². The van der Waals surface area contributed by atoms with E-state index in [1.54, 1.807) is 6.07 Å². The first-order chi connectivity index (χ1) is 5.68. The molecule has 58 valence electrons. The molecule has 0 fully saturated rings. The molecule has 1 amide bonds. The molecule has 0 unspecified atom stereocenters. The van der Waals surface area contributed by atoms with Crippen LogP contribution in [0.1, 0.15) is 21.5 Å². The Morgan fingerprint density at radius 2 is 2.25 bits per heavy atom. The molecule has 1 heterocycles. The summed E-state index contributed by atoms with van der Waals surface area (Å²) in [5.74, 6) is -0.0169. The highest BCUT2D eigenvalue weighted by Crippen LogP contribution is 2.14. The van der Waals surface area contributed by atoms with Gasteiger partial charge in [-0.05, 0) is 12.5 Å². The molecule has 1 aliphatic rings. The van der Waals surface area contributed by atoms with Crippen molar-refractivity contribution < 1.29 is 4.79 Å². The lowest BCUT2D eigenvalue weighted by Gasteiger charge is -2.02. The van der Waals surface area contributed by atoms with Crippen molar-refractivity contribution in [1.29, 1.82) is 0 Å². The number of nitrogens with one attached hydrogen (secondary N) is 1. The van der Waals surface area contributed by atoms with Crippen LogP contribution in [-0.2, 0) is 6.54 Å². The predicted octanol–water partition coefficient (Wildman–Crippen LogP) is 0.0322. The van der Waals surface area contributed by atoms with E-state index in [1.165, 1.54) is 0 Å². The minimum atomic E-state index is -0.0169. The second-order valence-corrected chi connectivity index (χ2v) is 3.05. The number of hydrogen-bond donors (Lipinski definition) is 1. The summed E-state index contributed by atoms with van der Waals surface area (Å²) in [5, 5.41) is 2.74. The summed E-state index contributed by atoms with van der Waals surface area (Å²) in [4.78, 5) is 11.2. The summed E-state index contributed by atoms with van der Waals surface area (Å²) in [6.07, 6.45) is 0. The molecule has 2 rings (SSSR count). The number of carbonyl (C=O) groups is 1. The largest absolute Gasteiger partial charge is 0.348 e. The fraction of sp³-hybridized carbons (Fsp3) is 0.222. The molecule has 12 heavy (non-hydrogen) atoms. The van der Waals surface area contributed by atoms with Crippen molar-refractivity contribution in [1.82, 2.24) is 5.32 Å². The summed E-state index contributed by atoms with van der Waals surface area (Å²) in [6, 6.07) is 3.70. The SMILES string of the molecule is [B]c1cc2c(cc1C)CNC2=O. The fourth-order valence-corrected chi connectivity index (χ4v) is 1.41. The van der Waals surface area contributed by atoms with Crippen LogP contribution in [0.4, 0.5) is 0 Å². The van der Waals surface area contributed by atoms with Crippen LogP contribution >= 0.6 is 0 Å². The third-order valence-corrected chi connectivity index (χ3v) is 2.18. The van der Waals surface area contributed by atoms with Gasteiger partial charge >= 0.3 is 0 Å². The molecule has 1 aromatic carbocycles. The number of fused-ring (bicyclic) bond motifs is 1. The van der Waals surface area contributed by atoms with Gasteiger partial charge in [-0.3, -0.25) is 4.79 Å². The molecule has 0 saturated heterocycles. The molecular formula is C9H8BNO. The van der Waals surface area contributed by atoms with Crippen LogP contribution in [0.3, 0.4) is 0 Å². The molecule has 0 aliphatic carbocycles. The normalized spacial score (nSPS) is 14.2. The number of amides is 1. The smallest absolute Gasteiger partial charge is 0.251 e. The third kappa shape index (κ3) is 0.933. The molecule has 2 nitrogen and oxygen atoms in total. The molecule has 0 bridgehead atoms. The number of hydrogen-bond acceptors (Lipinski definition) is 1. The molecule has 2 radical (unpaired) electrons. The maximum Gasteiger partial charge on any atom is 0.251 e. The van der Waals surface area contributed by atoms with Gasteiger partial charge in [-0.2, -0.15) is 0 Å². The predicted molar refractivity (Wildman–Crippen MR) is 47.7 cm³/mol. The zero-order valence-electron chi connectivity index (χ0n) is 6.85. The molecule has 0 atom stereocenters. The van der Waals surface area contributed by atoms with Gasteiger partial charge in [-0.1, -0.05) is 23.2 Å². The zero-order valence-corrected chi connectivity index (χ0v) is 6.85. The van der Waals surface area contributed by atoms with E-state index in [0.29, 0.717) is 12.0 Å². The summed E-state index contributed by atoms with van der Waals surface area (Å²) < 4.78 is 0. The second-order valence-electron chi connectivity index (χ2n) is 3.05. The van der Waals surface area contributed by atoms with Crippen LogP contribution in [0.5, 0.6) is 0 Å². The average molecular weight is 157 g/mol. The van der Waals surface area contributed by atoms with Crippen LogP contribution in [0.15, 0.2) is 12.1 Å². The van der Waals surface area contributed by atoms with E-state index in [9.17, 15) is 4.79 Å². The van der Waals surface area contributed by atoms with E-state index < -0.39 is 0 Å². The van der Waals surface area contributed by atoms with Gasteiger partial charge in [-0.15, -0.1) is 0 Å². The Balaban J connectivity index is 2.63. The summed E-state index contributed by atoms with van der Waals surface area (Å²) in [7, 11) is 5.68. The maximum atomic E-state index is 11.2. The summed E-state index contributed by atoms with van der Waals surface area (Å²) >= 11 is 0. The van der Waals surface area contributed by atoms with E-state index in [0.717, 1.165) is 16.7 Å². The van der Waals surface area contributed by atoms with Gasteiger partial charge in [0.05, 0.1) is 0 Å². The van der Waals surface area contributed by atoms with Crippen molar-refractivity contribution in [2.24, 2.45) is 0 Å². The number of benzene rings is 1. The lowest BCUT2D eigenvalue weighted by molar-refractivity contribution is 0.0966. The monoisotopic (exact) mass is 157 g/mol. The highest BCUT2D eigenvalue weighted by molar-refractivity contribution is 6.33. The Morgan fingerprint density at radius 1 is 1.50 bits per heavy atom. The van der Waals surface area contributed by atoms with E-state index in [1.807, 2.05) is 13.0 Å². The van der Waals surface area contributed by atoms with E-state index in [2.05, 4.69) is 5.32 Å². The van der Waals surface area contributed by atoms with Crippen molar-refractivity contribution in [2.45, 2.75) is 13.5 Å². The van der Waals surface area contributed by atoms with Gasteiger partial charge in [0.2, 0.25) is 0 Å². The van der Waals surface area contributed by atoms with Gasteiger partial charge in [0, 0.05) is 12.1 Å². The van der Waals surface area contributed by atoms with E-state index >= 15 is 0 Å². The van der Waals surface area contributed by atoms with Crippen LogP contribution in [0.2, 0.25) is 0 Å². The van der Waals surface area contributed by atoms with E-state index in [4.69, 9.17) is 7.85 Å². The van der Waals surface area contributed by atoms with Crippen LogP contribution in [-0.4, -0.2) is 13.8 Å². The fourth-order valence-electron chi connectivity index (χ4n) is 1.41. The summed E-state index contributed by atoms with van der Waals surface area (Å²) in [6.45, 7) is 2.58. The Kier molecular flexibility index (Phi) is 1.46. The molecule has 1 N–H and O–H groups in total. The lowest BCUT2D eigenvalue weighted by Crippen LogP contribution is -2.14. The first-order valence-electron chi connectivity index (χ1n) is 3.85. The first-order valence-corrected chi connectivity index (χ1v) is 3.85. The van der Waals surface area contributed by atoms with Crippen molar-refractivity contribution in [3.8, 4) is 0 Å². The number of carbonyl (C=O) groups excluding carboxylic acids is 1. The van der Waals surface area contributed by atoms with Crippen LogP contribution in [0, 0.1) is 6.92 Å². The zero-order chi connectivity index (χ0) is 8.72. The summed E-state index contributed by atoms with van der Waals surface area (Å²) in [5.41, 5.74) is 3.49. The molecular weight excluding hydrogens is 149 g/mol. The Hall–Kier alpha value is -1.25. The highest BCUT2D eigenvalue weighted by Gasteiger charge is 2.18. The highest BCUT2D eigenvalue weighted by atomic mass is 16.1. The van der Waals surface area contributed by atoms with Crippen molar-refractivity contribution >= 4 is 19.2 Å². The minimum Gasteiger partial charge on any atom is -0.348 e. The molecule has 0 saturated carbocycles. The lowest BCUT2D eigenvalue weighted by atomic mass is 9.88. The molecule has 0 aromatic heterocycles. The van der Waals surface area contributed by atoms with Crippen molar-refractivity contribution in [3.63, 3.8) is 0 Å². The standard InChI is InChI=1S/C9H8BNO/c1-5-2-6-4-11-9(12)7(6)3-8(5)10/h2-3H,4H2,1H3,(H,11,12). The topological polar surface area (TPSA) is 29.1 Å². The van der Waals surface area contributed by atoms with Gasteiger partial charge in [-0.25, -0.2) is 0 Å². The minimum absolute atomic E-state index is 0.0169. The second kappa shape index (κ2) is 2.37. The van der Waals surface area contributed by atoms with Gasteiger partial charge in [0.25, 0.3) is 5.91 Å².